The highest BCUT2D eigenvalue weighted by Gasteiger charge is 2.49. The number of carbonyl (C=O) groups is 1. The number of halogens is 1. The molecule has 16 heteroatoms. The molecule has 0 radical (unpaired) electrons. The predicted octanol–water partition coefficient (Wildman–Crippen LogP) is 9.24. The van der Waals surface area contributed by atoms with E-state index in [1.807, 2.05) is 0 Å². The highest BCUT2D eigenvalue weighted by molar-refractivity contribution is 7.90. The number of hydrogen-bond acceptors (Lipinski definition) is 11. The van der Waals surface area contributed by atoms with Gasteiger partial charge in [0.2, 0.25) is 0 Å². The maximum absolute atomic E-state index is 14.6. The van der Waals surface area contributed by atoms with Crippen molar-refractivity contribution in [2.45, 2.75) is 107 Å². The molecule has 0 unspecified atom stereocenters. The van der Waals surface area contributed by atoms with Gasteiger partial charge in [-0.25, -0.2) is 22.5 Å². The van der Waals surface area contributed by atoms with Gasteiger partial charge in [0.05, 0.1) is 32.6 Å². The summed E-state index contributed by atoms with van der Waals surface area (Å²) in [6.45, 7) is 10.5. The van der Waals surface area contributed by atoms with Crippen LogP contribution >= 0.6 is 0 Å². The molecule has 2 aliphatic carbocycles. The molecule has 4 fully saturated rings. The number of likely N-dealkylation sites (tertiary alicyclic amines) is 1. The van der Waals surface area contributed by atoms with Crippen LogP contribution in [0.1, 0.15) is 112 Å². The average molecular weight is 908 g/mol. The molecule has 4 aliphatic rings. The monoisotopic (exact) mass is 907 g/mol. The van der Waals surface area contributed by atoms with Crippen LogP contribution in [0, 0.1) is 27.3 Å². The van der Waals surface area contributed by atoms with E-state index in [1.54, 1.807) is 19.1 Å². The summed E-state index contributed by atoms with van der Waals surface area (Å²) in [5.41, 5.74) is 3.17. The number of nitrogens with one attached hydrogen (secondary N) is 3. The molecule has 4 heterocycles. The predicted molar refractivity (Wildman–Crippen MR) is 248 cm³/mol. The van der Waals surface area contributed by atoms with Crippen LogP contribution in [0.5, 0.6) is 11.5 Å². The summed E-state index contributed by atoms with van der Waals surface area (Å²) in [6.07, 6.45) is 11.0. The van der Waals surface area contributed by atoms with E-state index in [2.05, 4.69) is 67.9 Å². The SMILES string of the molecule is CC(C)c1ccccc1[C@@H]1CCC[C@@H]1N1CC2(CCN(c3ccc(C(=O)NS(=O)(=O)c4ccc(NCC5CCC(C)(O)CC5)c([N+](=O)[O-])c4)c(Oc4cnc5[nH]cc(F)c5c4)c3)CC2)C1. The highest BCUT2D eigenvalue weighted by Crippen LogP contribution is 2.49. The van der Waals surface area contributed by atoms with Gasteiger partial charge in [-0.15, -0.1) is 0 Å². The number of aliphatic hydroxyl groups is 1. The molecule has 3 aromatic carbocycles. The molecular weight excluding hydrogens is 850 g/mol. The van der Waals surface area contributed by atoms with Gasteiger partial charge < -0.3 is 25.0 Å². The fourth-order valence-corrected chi connectivity index (χ4v) is 11.8. The Morgan fingerprint density at radius 3 is 2.52 bits per heavy atom. The Labute approximate surface area is 379 Å². The highest BCUT2D eigenvalue weighted by atomic mass is 32.2. The number of nitro groups is 1. The topological polar surface area (TPSA) is 183 Å². The van der Waals surface area contributed by atoms with Crippen molar-refractivity contribution in [2.75, 3.05) is 42.9 Å². The molecule has 65 heavy (non-hydrogen) atoms. The lowest BCUT2D eigenvalue weighted by Gasteiger charge is -2.57. The Balaban J connectivity index is 0.905. The number of anilines is 2. The molecule has 2 saturated carbocycles. The van der Waals surface area contributed by atoms with Gasteiger partial charge in [-0.05, 0) is 123 Å². The number of amides is 1. The molecule has 344 valence electrons. The smallest absolute Gasteiger partial charge is 0.293 e. The third-order valence-corrected chi connectivity index (χ3v) is 15.9. The first-order chi connectivity index (χ1) is 31.1. The maximum Gasteiger partial charge on any atom is 0.293 e. The maximum atomic E-state index is 14.6. The number of hydrogen-bond donors (Lipinski definition) is 4. The van der Waals surface area contributed by atoms with Crippen molar-refractivity contribution in [3.8, 4) is 11.5 Å². The molecule has 5 aromatic rings. The zero-order valence-corrected chi connectivity index (χ0v) is 38.0. The largest absolute Gasteiger partial charge is 0.455 e. The average Bonchev–Trinajstić information content (AvgIpc) is 3.91. The molecule has 1 spiro atoms. The molecule has 2 atom stereocenters. The van der Waals surface area contributed by atoms with Gasteiger partial charge >= 0.3 is 0 Å². The second-order valence-electron chi connectivity index (χ2n) is 19.5. The molecule has 1 amide bonds. The molecule has 4 N–H and O–H groups in total. The van der Waals surface area contributed by atoms with Crippen LogP contribution < -0.4 is 19.7 Å². The first-order valence-corrected chi connectivity index (χ1v) is 24.4. The minimum atomic E-state index is -4.62. The third-order valence-electron chi connectivity index (χ3n) is 14.6. The van der Waals surface area contributed by atoms with E-state index in [1.165, 1.54) is 67.0 Å². The second-order valence-corrected chi connectivity index (χ2v) is 21.1. The van der Waals surface area contributed by atoms with Gasteiger partial charge in [0.1, 0.15) is 28.7 Å². The number of nitro benzene ring substituents is 1. The summed E-state index contributed by atoms with van der Waals surface area (Å²) < 4.78 is 50.4. The number of piperidine rings is 1. The summed E-state index contributed by atoms with van der Waals surface area (Å²) >= 11 is 0. The fraction of sp³-hybridized carbons (Fsp3) is 0.469. The van der Waals surface area contributed by atoms with E-state index in [-0.39, 0.29) is 39.5 Å². The number of H-pyrrole nitrogens is 1. The second kappa shape index (κ2) is 17.7. The van der Waals surface area contributed by atoms with Crippen LogP contribution in [-0.4, -0.2) is 83.6 Å². The standard InChI is InChI=1S/C49H58FN7O7S/c1-31(2)36-7-4-5-8-37(36)38-9-6-10-43(38)56-29-49(30-56)19-21-55(22-20-49)33-11-13-39(45(23-33)64-34-24-40-41(50)28-53-46(40)52-27-34)47(58)54-65(62,63)35-12-14-42(44(25-35)57(60)61)51-26-32-15-17-48(3,59)18-16-32/h4-5,7-8,11-14,23-25,27-28,31-32,38,43,51,59H,6,9-10,15-22,26,29-30H2,1-3H3,(H,52,53)(H,54,58)/t32?,38-,43-,48?/m0/s1. The van der Waals surface area contributed by atoms with E-state index < -0.39 is 42.9 Å². The van der Waals surface area contributed by atoms with E-state index in [0.29, 0.717) is 42.9 Å². The Hall–Kier alpha value is -5.58. The minimum Gasteiger partial charge on any atom is -0.455 e. The van der Waals surface area contributed by atoms with E-state index in [4.69, 9.17) is 4.74 Å². The van der Waals surface area contributed by atoms with Gasteiger partial charge in [-0.2, -0.15) is 0 Å². The molecular formula is C49H58FN7O7S. The molecule has 2 aromatic heterocycles. The van der Waals surface area contributed by atoms with Crippen molar-refractivity contribution < 1.29 is 32.4 Å². The van der Waals surface area contributed by atoms with Crippen molar-refractivity contribution >= 4 is 44.0 Å². The van der Waals surface area contributed by atoms with Crippen LogP contribution in [0.15, 0.2) is 84.0 Å². The van der Waals surface area contributed by atoms with Gasteiger partial charge in [0.15, 0.2) is 0 Å². The van der Waals surface area contributed by atoms with Gasteiger partial charge in [-0.1, -0.05) is 44.5 Å². The number of aromatic nitrogens is 2. The van der Waals surface area contributed by atoms with Crippen molar-refractivity contribution in [2.24, 2.45) is 11.3 Å². The number of pyridine rings is 1. The van der Waals surface area contributed by atoms with Crippen LogP contribution in [0.2, 0.25) is 0 Å². The summed E-state index contributed by atoms with van der Waals surface area (Å²) in [6, 6.07) is 19.4. The fourth-order valence-electron chi connectivity index (χ4n) is 10.8. The Morgan fingerprint density at radius 1 is 1.03 bits per heavy atom. The summed E-state index contributed by atoms with van der Waals surface area (Å²) in [4.78, 5) is 37.0. The quantitative estimate of drug-likeness (QED) is 0.0653. The number of fused-ring (bicyclic) bond motifs is 1. The first kappa shape index (κ1) is 44.6. The number of carbonyl (C=O) groups excluding carboxylic acids is 1. The van der Waals surface area contributed by atoms with Crippen LogP contribution in [0.25, 0.3) is 11.0 Å². The number of nitrogens with zero attached hydrogens (tertiary/aromatic N) is 4. The van der Waals surface area contributed by atoms with Crippen LogP contribution in [0.4, 0.5) is 21.5 Å². The van der Waals surface area contributed by atoms with Crippen LogP contribution in [-0.2, 0) is 10.0 Å². The van der Waals surface area contributed by atoms with Crippen molar-refractivity contribution in [3.05, 3.63) is 112 Å². The number of benzene rings is 3. The molecule has 2 saturated heterocycles. The summed E-state index contributed by atoms with van der Waals surface area (Å²) in [7, 11) is -4.62. The summed E-state index contributed by atoms with van der Waals surface area (Å²) in [5, 5.41) is 25.7. The van der Waals surface area contributed by atoms with Crippen molar-refractivity contribution in [1.82, 2.24) is 19.6 Å². The van der Waals surface area contributed by atoms with E-state index in [0.717, 1.165) is 63.6 Å². The zero-order chi connectivity index (χ0) is 45.7. The van der Waals surface area contributed by atoms with Gasteiger partial charge in [0, 0.05) is 62.8 Å². The first-order valence-electron chi connectivity index (χ1n) is 22.9. The Bertz CT molecular complexity index is 2700. The Morgan fingerprint density at radius 2 is 1.78 bits per heavy atom. The van der Waals surface area contributed by atoms with E-state index in [9.17, 15) is 32.8 Å². The number of ether oxygens (including phenoxy) is 1. The lowest BCUT2D eigenvalue weighted by Crippen LogP contribution is -2.63. The van der Waals surface area contributed by atoms with E-state index >= 15 is 0 Å². The number of aromatic amines is 1. The lowest BCUT2D eigenvalue weighted by atomic mass is 9.70. The summed E-state index contributed by atoms with van der Waals surface area (Å²) in [5.74, 6) is -0.149. The van der Waals surface area contributed by atoms with Gasteiger partial charge in [-0.3, -0.25) is 19.8 Å². The molecule has 0 bridgehead atoms. The third kappa shape index (κ3) is 9.30. The normalized spacial score (nSPS) is 23.4. The Kier molecular flexibility index (Phi) is 12.1. The number of rotatable bonds is 13. The lowest BCUT2D eigenvalue weighted by molar-refractivity contribution is -0.384. The van der Waals surface area contributed by atoms with Crippen molar-refractivity contribution in [1.29, 1.82) is 0 Å². The van der Waals surface area contributed by atoms with Crippen LogP contribution in [0.3, 0.4) is 0 Å². The zero-order valence-electron chi connectivity index (χ0n) is 37.2. The molecule has 14 nitrogen and oxygen atoms in total. The van der Waals surface area contributed by atoms with Gasteiger partial charge in [0.25, 0.3) is 21.6 Å². The minimum absolute atomic E-state index is 0.0334. The molecule has 2 aliphatic heterocycles. The number of sulfonamides is 1. The van der Waals surface area contributed by atoms with Crippen molar-refractivity contribution in [3.63, 3.8) is 0 Å². The molecule has 9 rings (SSSR count).